The van der Waals surface area contributed by atoms with E-state index in [0.717, 1.165) is 98.4 Å². The summed E-state index contributed by atoms with van der Waals surface area (Å²) in [6, 6.07) is 14.3. The molecule has 1 saturated carbocycles. The molecule has 0 spiro atoms. The summed E-state index contributed by atoms with van der Waals surface area (Å²) in [7, 11) is 0. The number of nitrogens with zero attached hydrogens (tertiary/aromatic N) is 3. The fourth-order valence-electron chi connectivity index (χ4n) is 5.65. The fourth-order valence-corrected chi connectivity index (χ4v) is 5.65. The van der Waals surface area contributed by atoms with Crippen LogP contribution in [0.5, 0.6) is 5.75 Å². The maximum Gasteiger partial charge on any atom is 0.416 e. The van der Waals surface area contributed by atoms with Crippen LogP contribution in [-0.4, -0.2) is 66.3 Å². The molecule has 2 N–H and O–H groups in total. The summed E-state index contributed by atoms with van der Waals surface area (Å²) < 4.78 is 52.0. The van der Waals surface area contributed by atoms with Gasteiger partial charge in [0.25, 0.3) is 5.91 Å². The Morgan fingerprint density at radius 1 is 1.09 bits per heavy atom. The summed E-state index contributed by atoms with van der Waals surface area (Å²) in [6.45, 7) is 9.11. The average Bonchev–Trinajstić information content (AvgIpc) is 3.90. The van der Waals surface area contributed by atoms with E-state index in [-0.39, 0.29) is 17.5 Å². The molecule has 46 heavy (non-hydrogen) atoms. The Kier molecular flexibility index (Phi) is 9.42. The second-order valence-corrected chi connectivity index (χ2v) is 12.1. The van der Waals surface area contributed by atoms with Crippen molar-refractivity contribution < 1.29 is 27.4 Å². The number of carbonyl (C=O) groups excluding carboxylic acids is 1. The van der Waals surface area contributed by atoms with Crippen LogP contribution in [0.4, 0.5) is 24.8 Å². The Morgan fingerprint density at radius 2 is 1.89 bits per heavy atom. The minimum atomic E-state index is -4.56. The van der Waals surface area contributed by atoms with Gasteiger partial charge in [-0.3, -0.25) is 9.69 Å². The third-order valence-corrected chi connectivity index (χ3v) is 8.58. The lowest BCUT2D eigenvalue weighted by atomic mass is 9.97. The molecule has 1 aromatic heterocycles. The van der Waals surface area contributed by atoms with E-state index in [2.05, 4.69) is 25.5 Å². The number of anilines is 2. The zero-order valence-electron chi connectivity index (χ0n) is 26.0. The maximum atomic E-state index is 13.5. The predicted molar refractivity (Wildman–Crippen MR) is 172 cm³/mol. The van der Waals surface area contributed by atoms with Gasteiger partial charge in [0.15, 0.2) is 0 Å². The number of rotatable bonds is 11. The van der Waals surface area contributed by atoms with Crippen molar-refractivity contribution in [1.82, 2.24) is 14.9 Å². The van der Waals surface area contributed by atoms with Crippen LogP contribution >= 0.6 is 0 Å². The number of benzene rings is 3. The summed E-state index contributed by atoms with van der Waals surface area (Å²) in [6.07, 6.45) is 0.0683. The van der Waals surface area contributed by atoms with Gasteiger partial charge in [-0.15, -0.1) is 0 Å². The monoisotopic (exact) mass is 633 g/mol. The number of fused-ring (bicyclic) bond motifs is 1. The van der Waals surface area contributed by atoms with E-state index in [1.807, 2.05) is 38.1 Å². The number of nitrogens with one attached hydrogen (secondary N) is 2. The second-order valence-electron chi connectivity index (χ2n) is 12.1. The van der Waals surface area contributed by atoms with Crippen molar-refractivity contribution in [3.63, 3.8) is 0 Å². The molecule has 11 heteroatoms. The number of carbonyl (C=O) groups is 1. The summed E-state index contributed by atoms with van der Waals surface area (Å²) in [5, 5.41) is 6.84. The molecule has 242 valence electrons. The molecule has 6 rings (SSSR count). The highest BCUT2D eigenvalue weighted by Gasteiger charge is 2.33. The molecule has 1 aliphatic carbocycles. The van der Waals surface area contributed by atoms with Crippen molar-refractivity contribution >= 4 is 28.4 Å². The SMILES string of the molecule is Cc1ccc(C(=O)Nc2cc(C(F)(F)F)ccc2OC(C)C2CC2)cc1-c1ccc2nc(NCCCN3CCOCC3)ncc2c1. The van der Waals surface area contributed by atoms with E-state index in [1.54, 1.807) is 18.3 Å². The summed E-state index contributed by atoms with van der Waals surface area (Å²) in [4.78, 5) is 25.0. The van der Waals surface area contributed by atoms with Crippen LogP contribution < -0.4 is 15.4 Å². The quantitative estimate of drug-likeness (QED) is 0.169. The number of aromatic nitrogens is 2. The summed E-state index contributed by atoms with van der Waals surface area (Å²) in [5.74, 6) is 0.624. The first-order valence-corrected chi connectivity index (χ1v) is 15.7. The standard InChI is InChI=1S/C35H38F3N5O3/c1-22-4-5-26(33(44)41-31-20-28(35(36,37)38)9-11-32(31)46-23(2)24-6-7-24)19-29(22)25-8-10-30-27(18-25)21-40-34(42-30)39-12-3-13-43-14-16-45-17-15-43/h4-5,8-11,18-21,23-24H,3,6-7,12-17H2,1-2H3,(H,41,44)(H,39,40,42). The number of halogens is 3. The van der Waals surface area contributed by atoms with Gasteiger partial charge in [0.1, 0.15) is 5.75 Å². The molecular formula is C35H38F3N5O3. The van der Waals surface area contributed by atoms with E-state index in [1.165, 1.54) is 6.07 Å². The fraction of sp³-hybridized carbons (Fsp3) is 0.400. The summed E-state index contributed by atoms with van der Waals surface area (Å²) in [5.41, 5.74) is 2.87. The van der Waals surface area contributed by atoms with Crippen molar-refractivity contribution in [3.8, 4) is 16.9 Å². The lowest BCUT2D eigenvalue weighted by Crippen LogP contribution is -2.37. The molecule has 1 saturated heterocycles. The van der Waals surface area contributed by atoms with Gasteiger partial charge in [-0.2, -0.15) is 13.2 Å². The normalized spacial score (nSPS) is 16.3. The maximum absolute atomic E-state index is 13.5. The lowest BCUT2D eigenvalue weighted by molar-refractivity contribution is -0.137. The molecule has 0 radical (unpaired) electrons. The average molecular weight is 634 g/mol. The van der Waals surface area contributed by atoms with Crippen LogP contribution in [0, 0.1) is 12.8 Å². The Hall–Kier alpha value is -4.22. The second kappa shape index (κ2) is 13.6. The molecule has 8 nitrogen and oxygen atoms in total. The highest BCUT2D eigenvalue weighted by molar-refractivity contribution is 6.06. The van der Waals surface area contributed by atoms with E-state index < -0.39 is 17.6 Å². The molecule has 1 amide bonds. The first-order valence-electron chi connectivity index (χ1n) is 15.7. The topological polar surface area (TPSA) is 88.6 Å². The molecule has 1 aliphatic heterocycles. The van der Waals surface area contributed by atoms with E-state index >= 15 is 0 Å². The van der Waals surface area contributed by atoms with Gasteiger partial charge in [0.05, 0.1) is 36.1 Å². The first kappa shape index (κ1) is 31.7. The van der Waals surface area contributed by atoms with Crippen molar-refractivity contribution in [1.29, 1.82) is 0 Å². The van der Waals surface area contributed by atoms with Gasteiger partial charge >= 0.3 is 6.18 Å². The van der Waals surface area contributed by atoms with Gasteiger partial charge in [0.2, 0.25) is 5.95 Å². The van der Waals surface area contributed by atoms with Crippen LogP contribution in [0.15, 0.2) is 60.8 Å². The van der Waals surface area contributed by atoms with Gasteiger partial charge < -0.3 is 20.1 Å². The molecule has 2 aliphatic rings. The van der Waals surface area contributed by atoms with Gasteiger partial charge in [-0.05, 0) is 105 Å². The first-order chi connectivity index (χ1) is 22.1. The minimum absolute atomic E-state index is 0.0113. The zero-order valence-corrected chi connectivity index (χ0v) is 26.0. The number of amides is 1. The third-order valence-electron chi connectivity index (χ3n) is 8.58. The number of alkyl halides is 3. The predicted octanol–water partition coefficient (Wildman–Crippen LogP) is 7.19. The molecule has 2 heterocycles. The highest BCUT2D eigenvalue weighted by Crippen LogP contribution is 2.39. The van der Waals surface area contributed by atoms with Crippen LogP contribution in [-0.2, 0) is 10.9 Å². The Morgan fingerprint density at radius 3 is 2.65 bits per heavy atom. The lowest BCUT2D eigenvalue weighted by Gasteiger charge is -2.26. The van der Waals surface area contributed by atoms with Crippen molar-refractivity contribution in [2.24, 2.45) is 5.92 Å². The van der Waals surface area contributed by atoms with E-state index in [4.69, 9.17) is 9.47 Å². The number of aryl methyl sites for hydroxylation is 1. The Bertz CT molecular complexity index is 1700. The number of ether oxygens (including phenoxy) is 2. The molecule has 4 aromatic rings. The highest BCUT2D eigenvalue weighted by atomic mass is 19.4. The van der Waals surface area contributed by atoms with Crippen molar-refractivity contribution in [2.45, 2.75) is 45.4 Å². The molecule has 0 bridgehead atoms. The van der Waals surface area contributed by atoms with Crippen LogP contribution in [0.25, 0.3) is 22.0 Å². The molecule has 1 atom stereocenters. The van der Waals surface area contributed by atoms with Gasteiger partial charge in [-0.1, -0.05) is 12.1 Å². The number of hydrogen-bond donors (Lipinski definition) is 2. The molecule has 2 fully saturated rings. The van der Waals surface area contributed by atoms with Gasteiger partial charge in [0, 0.05) is 36.8 Å². The van der Waals surface area contributed by atoms with Crippen molar-refractivity contribution in [2.75, 3.05) is 50.0 Å². The van der Waals surface area contributed by atoms with Gasteiger partial charge in [-0.25, -0.2) is 9.97 Å². The molecule has 3 aromatic carbocycles. The molecular weight excluding hydrogens is 595 g/mol. The Balaban J connectivity index is 1.16. The van der Waals surface area contributed by atoms with Crippen LogP contribution in [0.1, 0.15) is 47.7 Å². The number of hydrogen-bond acceptors (Lipinski definition) is 7. The van der Waals surface area contributed by atoms with Crippen LogP contribution in [0.3, 0.4) is 0 Å². The summed E-state index contributed by atoms with van der Waals surface area (Å²) >= 11 is 0. The smallest absolute Gasteiger partial charge is 0.416 e. The van der Waals surface area contributed by atoms with E-state index in [9.17, 15) is 18.0 Å². The Labute approximate surface area is 266 Å². The minimum Gasteiger partial charge on any atom is -0.488 e. The third kappa shape index (κ3) is 7.76. The van der Waals surface area contributed by atoms with Crippen molar-refractivity contribution in [3.05, 3.63) is 77.5 Å². The van der Waals surface area contributed by atoms with Crippen LogP contribution in [0.2, 0.25) is 0 Å². The van der Waals surface area contributed by atoms with E-state index in [0.29, 0.717) is 17.4 Å². The zero-order chi connectivity index (χ0) is 32.3. The molecule has 1 unspecified atom stereocenters. The number of morpholine rings is 1. The largest absolute Gasteiger partial charge is 0.488 e.